The molecular weight excluding hydrogens is 304 g/mol. The number of carbonyl (C=O) groups excluding carboxylic acids is 1. The van der Waals surface area contributed by atoms with E-state index in [1.807, 2.05) is 19.2 Å². The van der Waals surface area contributed by atoms with Gasteiger partial charge in [0.15, 0.2) is 0 Å². The van der Waals surface area contributed by atoms with Crippen LogP contribution in [0.4, 0.5) is 0 Å². The van der Waals surface area contributed by atoms with Gasteiger partial charge in [-0.15, -0.1) is 0 Å². The average Bonchev–Trinajstić information content (AvgIpc) is 2.56. The molecule has 0 aromatic rings. The molecule has 0 fully saturated rings. The maximum atomic E-state index is 11.6. The fourth-order valence-electron chi connectivity index (χ4n) is 2.67. The van der Waals surface area contributed by atoms with Gasteiger partial charge < -0.3 is 26.3 Å². The van der Waals surface area contributed by atoms with Gasteiger partial charge >= 0.3 is 0 Å². The molecule has 0 radical (unpaired) electrons. The number of hydrogen-bond acceptors (Lipinski definition) is 5. The first-order valence-corrected chi connectivity index (χ1v) is 7.83. The van der Waals surface area contributed by atoms with Gasteiger partial charge in [-0.2, -0.15) is 0 Å². The minimum Gasteiger partial charge on any atom is -0.393 e. The van der Waals surface area contributed by atoms with E-state index in [1.165, 1.54) is 0 Å². The summed E-state index contributed by atoms with van der Waals surface area (Å²) in [4.78, 5) is 13.4. The largest absolute Gasteiger partial charge is 0.393 e. The fourth-order valence-corrected chi connectivity index (χ4v) is 2.67. The Hall–Kier alpha value is -2.83. The van der Waals surface area contributed by atoms with Crippen molar-refractivity contribution in [2.75, 3.05) is 27.2 Å². The van der Waals surface area contributed by atoms with Crippen molar-refractivity contribution in [3.05, 3.63) is 47.0 Å². The highest BCUT2D eigenvalue weighted by Gasteiger charge is 2.23. The molecule has 0 saturated heterocycles. The zero-order chi connectivity index (χ0) is 17.7. The van der Waals surface area contributed by atoms with Crippen LogP contribution in [0.25, 0.3) is 0 Å². The van der Waals surface area contributed by atoms with Crippen LogP contribution in [0.15, 0.2) is 47.0 Å². The van der Waals surface area contributed by atoms with E-state index in [-0.39, 0.29) is 11.7 Å². The van der Waals surface area contributed by atoms with E-state index in [9.17, 15) is 4.79 Å². The number of nitrogens with zero attached hydrogens (tertiary/aromatic N) is 1. The molecule has 0 bridgehead atoms. The summed E-state index contributed by atoms with van der Waals surface area (Å²) in [5.41, 5.74) is 3.58. The molecular formula is C17H24N6O. The van der Waals surface area contributed by atoms with Crippen molar-refractivity contribution in [1.29, 1.82) is 10.8 Å². The van der Waals surface area contributed by atoms with Gasteiger partial charge in [-0.05, 0) is 18.2 Å². The molecule has 0 saturated carbocycles. The molecule has 0 aromatic heterocycles. The number of allylic oxidation sites excluding steroid dienone is 4. The first-order valence-electron chi connectivity index (χ1n) is 7.83. The van der Waals surface area contributed by atoms with Gasteiger partial charge in [0.1, 0.15) is 5.84 Å². The third-order valence-electron chi connectivity index (χ3n) is 4.02. The van der Waals surface area contributed by atoms with E-state index in [0.717, 1.165) is 16.8 Å². The third kappa shape index (κ3) is 3.92. The summed E-state index contributed by atoms with van der Waals surface area (Å²) in [5, 5.41) is 25.4. The van der Waals surface area contributed by atoms with E-state index in [1.54, 1.807) is 31.1 Å². The van der Waals surface area contributed by atoms with Crippen LogP contribution in [-0.4, -0.2) is 49.5 Å². The average molecular weight is 328 g/mol. The lowest BCUT2D eigenvalue weighted by atomic mass is 10.0. The summed E-state index contributed by atoms with van der Waals surface area (Å²) < 4.78 is 0. The standard InChI is InChI=1S/C17H24N6O/c1-11(24)23-7-6-16(21-3)14(10-23)17(19)22-13-5-4-12(9-20-2)15(18)8-13/h4-5,8-9,18,20-21H,6-7,10H2,1-3H3,(H2,19,22)/b12-9-,18-15?. The van der Waals surface area contributed by atoms with Gasteiger partial charge in [0.2, 0.25) is 5.91 Å². The van der Waals surface area contributed by atoms with E-state index in [0.29, 0.717) is 30.9 Å². The van der Waals surface area contributed by atoms with Crippen molar-refractivity contribution >= 4 is 17.5 Å². The Morgan fingerprint density at radius 3 is 2.67 bits per heavy atom. The van der Waals surface area contributed by atoms with Crippen LogP contribution in [0.1, 0.15) is 13.3 Å². The molecule has 0 unspecified atom stereocenters. The third-order valence-corrected chi connectivity index (χ3v) is 4.02. The summed E-state index contributed by atoms with van der Waals surface area (Å²) >= 11 is 0. The molecule has 0 spiro atoms. The van der Waals surface area contributed by atoms with E-state index in [2.05, 4.69) is 16.0 Å². The molecule has 1 heterocycles. The van der Waals surface area contributed by atoms with Crippen molar-refractivity contribution in [2.45, 2.75) is 13.3 Å². The number of amides is 1. The maximum absolute atomic E-state index is 11.6. The van der Waals surface area contributed by atoms with Crippen LogP contribution in [-0.2, 0) is 4.79 Å². The molecule has 2 rings (SSSR count). The second-order valence-electron chi connectivity index (χ2n) is 5.63. The maximum Gasteiger partial charge on any atom is 0.219 e. The highest BCUT2D eigenvalue weighted by Crippen LogP contribution is 2.17. The lowest BCUT2D eigenvalue weighted by Crippen LogP contribution is -2.41. The predicted octanol–water partition coefficient (Wildman–Crippen LogP) is 0.856. The van der Waals surface area contributed by atoms with E-state index in [4.69, 9.17) is 10.8 Å². The smallest absolute Gasteiger partial charge is 0.219 e. The Bertz CT molecular complexity index is 683. The molecule has 7 heteroatoms. The Balaban J connectivity index is 2.14. The van der Waals surface area contributed by atoms with Crippen molar-refractivity contribution in [3.8, 4) is 0 Å². The molecule has 2 aliphatic rings. The Kier molecular flexibility index (Phi) is 5.57. The molecule has 7 nitrogen and oxygen atoms in total. The number of nitrogens with one attached hydrogen (secondary N) is 5. The SMILES string of the molecule is CN/C=C1/C=CC(NC(=N)C2=C(NC)CCN(C(C)=O)C2)=CC1=N. The molecule has 128 valence electrons. The van der Waals surface area contributed by atoms with Crippen molar-refractivity contribution in [1.82, 2.24) is 20.9 Å². The normalized spacial score (nSPS) is 19.3. The topological polar surface area (TPSA) is 104 Å². The number of rotatable bonds is 4. The summed E-state index contributed by atoms with van der Waals surface area (Å²) in [5.74, 6) is 0.255. The zero-order valence-corrected chi connectivity index (χ0v) is 14.3. The van der Waals surface area contributed by atoms with Crippen molar-refractivity contribution < 1.29 is 4.79 Å². The molecule has 0 atom stereocenters. The predicted molar refractivity (Wildman–Crippen MR) is 95.9 cm³/mol. The zero-order valence-electron chi connectivity index (χ0n) is 14.3. The molecule has 1 amide bonds. The van der Waals surface area contributed by atoms with E-state index < -0.39 is 0 Å². The van der Waals surface area contributed by atoms with Gasteiger partial charge in [-0.1, -0.05) is 0 Å². The second kappa shape index (κ2) is 7.63. The van der Waals surface area contributed by atoms with Crippen LogP contribution < -0.4 is 16.0 Å². The highest BCUT2D eigenvalue weighted by molar-refractivity contribution is 6.10. The molecule has 0 aromatic carbocycles. The first-order chi connectivity index (χ1) is 11.5. The van der Waals surface area contributed by atoms with Crippen LogP contribution in [0.5, 0.6) is 0 Å². The summed E-state index contributed by atoms with van der Waals surface area (Å²) in [6.07, 6.45) is 7.80. The van der Waals surface area contributed by atoms with Crippen LogP contribution in [0.2, 0.25) is 0 Å². The lowest BCUT2D eigenvalue weighted by molar-refractivity contribution is -0.128. The van der Waals surface area contributed by atoms with Gasteiger partial charge in [0.05, 0.1) is 12.3 Å². The fraction of sp³-hybridized carbons (Fsp3) is 0.353. The van der Waals surface area contributed by atoms with Gasteiger partial charge in [-0.25, -0.2) is 0 Å². The molecule has 5 N–H and O–H groups in total. The van der Waals surface area contributed by atoms with Gasteiger partial charge in [0.25, 0.3) is 0 Å². The summed E-state index contributed by atoms with van der Waals surface area (Å²) in [7, 11) is 3.62. The van der Waals surface area contributed by atoms with Crippen molar-refractivity contribution in [3.63, 3.8) is 0 Å². The molecule has 1 aliphatic heterocycles. The molecule has 1 aliphatic carbocycles. The number of amidine groups is 1. The second-order valence-corrected chi connectivity index (χ2v) is 5.63. The Morgan fingerprint density at radius 2 is 2.08 bits per heavy atom. The van der Waals surface area contributed by atoms with E-state index >= 15 is 0 Å². The van der Waals surface area contributed by atoms with Crippen molar-refractivity contribution in [2.24, 2.45) is 0 Å². The van der Waals surface area contributed by atoms with Crippen LogP contribution >= 0.6 is 0 Å². The van der Waals surface area contributed by atoms with Crippen LogP contribution in [0, 0.1) is 10.8 Å². The highest BCUT2D eigenvalue weighted by atomic mass is 16.2. The number of hydrogen-bond donors (Lipinski definition) is 5. The quantitative estimate of drug-likeness (QED) is 0.390. The Labute approximate surface area is 142 Å². The monoisotopic (exact) mass is 328 g/mol. The summed E-state index contributed by atoms with van der Waals surface area (Å²) in [6, 6.07) is 0. The van der Waals surface area contributed by atoms with Crippen LogP contribution in [0.3, 0.4) is 0 Å². The minimum atomic E-state index is 0.0100. The summed E-state index contributed by atoms with van der Waals surface area (Å²) in [6.45, 7) is 2.62. The first kappa shape index (κ1) is 17.5. The minimum absolute atomic E-state index is 0.0100. The van der Waals surface area contributed by atoms with Gasteiger partial charge in [-0.3, -0.25) is 10.2 Å². The number of carbonyl (C=O) groups is 1. The Morgan fingerprint density at radius 1 is 1.33 bits per heavy atom. The lowest BCUT2D eigenvalue weighted by Gasteiger charge is -2.30. The van der Waals surface area contributed by atoms with Gasteiger partial charge in [0, 0.05) is 62.7 Å². The molecule has 24 heavy (non-hydrogen) atoms.